The van der Waals surface area contributed by atoms with E-state index in [0.29, 0.717) is 33.2 Å². The molecule has 0 spiro atoms. The highest BCUT2D eigenvalue weighted by atomic mass is 35.5. The number of nitrogens with one attached hydrogen (secondary N) is 1. The van der Waals surface area contributed by atoms with Crippen LogP contribution >= 0.6 is 11.6 Å². The second-order valence-corrected chi connectivity index (χ2v) is 8.01. The zero-order valence-corrected chi connectivity index (χ0v) is 17.4. The average molecular weight is 430 g/mol. The molecule has 2 aliphatic heterocycles. The number of fused-ring (bicyclic) bond motifs is 2. The van der Waals surface area contributed by atoms with Crippen LogP contribution in [0, 0.1) is 13.8 Å². The number of carbonyl (C=O) groups is 3. The monoisotopic (exact) mass is 429 g/mol. The summed E-state index contributed by atoms with van der Waals surface area (Å²) in [6.45, 7) is 3.75. The van der Waals surface area contributed by atoms with Gasteiger partial charge in [0.05, 0.1) is 28.2 Å². The third kappa shape index (κ3) is 3.04. The lowest BCUT2D eigenvalue weighted by atomic mass is 10.1. The largest absolute Gasteiger partial charge is 0.320 e. The van der Waals surface area contributed by atoms with Crippen LogP contribution in [0.4, 0.5) is 17.1 Å². The number of imide groups is 1. The minimum atomic E-state index is -0.413. The lowest BCUT2D eigenvalue weighted by Crippen LogP contribution is -2.29. The number of carbonyl (C=O) groups excluding carboxylic acids is 3. The highest BCUT2D eigenvalue weighted by Crippen LogP contribution is 2.34. The van der Waals surface area contributed by atoms with E-state index in [2.05, 4.69) is 10.3 Å². The molecule has 3 aromatic rings. The van der Waals surface area contributed by atoms with Crippen LogP contribution in [0.15, 0.2) is 59.6 Å². The highest BCUT2D eigenvalue weighted by molar-refractivity contribution is 6.54. The predicted molar refractivity (Wildman–Crippen MR) is 120 cm³/mol. The zero-order chi connectivity index (χ0) is 21.9. The van der Waals surface area contributed by atoms with E-state index in [-0.39, 0.29) is 11.5 Å². The van der Waals surface area contributed by atoms with Gasteiger partial charge in [0.2, 0.25) is 0 Å². The summed E-state index contributed by atoms with van der Waals surface area (Å²) in [4.78, 5) is 43.8. The maximum Gasteiger partial charge on any atom is 0.275 e. The molecule has 5 rings (SSSR count). The fourth-order valence-corrected chi connectivity index (χ4v) is 4.07. The molecule has 0 radical (unpaired) electrons. The first-order valence-corrected chi connectivity index (χ1v) is 10.0. The number of nitrogens with zero attached hydrogens (tertiary/aromatic N) is 2. The lowest BCUT2D eigenvalue weighted by molar-refractivity contribution is -0.110. The van der Waals surface area contributed by atoms with Crippen LogP contribution in [0.2, 0.25) is 5.02 Å². The minimum absolute atomic E-state index is 0.264. The van der Waals surface area contributed by atoms with Gasteiger partial charge in [-0.15, -0.1) is 0 Å². The van der Waals surface area contributed by atoms with E-state index in [4.69, 9.17) is 11.6 Å². The lowest BCUT2D eigenvalue weighted by Gasteiger charge is -2.17. The van der Waals surface area contributed by atoms with E-state index in [1.807, 2.05) is 25.1 Å². The van der Waals surface area contributed by atoms with Gasteiger partial charge in [-0.1, -0.05) is 23.2 Å². The van der Waals surface area contributed by atoms with Crippen molar-refractivity contribution in [2.24, 2.45) is 4.99 Å². The molecule has 7 heteroatoms. The molecule has 2 aliphatic rings. The van der Waals surface area contributed by atoms with Crippen molar-refractivity contribution in [2.75, 3.05) is 10.2 Å². The van der Waals surface area contributed by atoms with Crippen LogP contribution in [0.1, 0.15) is 37.4 Å². The summed E-state index contributed by atoms with van der Waals surface area (Å²) in [7, 11) is 0. The fourth-order valence-electron chi connectivity index (χ4n) is 3.90. The Balaban J connectivity index is 1.52. The first kappa shape index (κ1) is 19.2. The van der Waals surface area contributed by atoms with E-state index in [1.54, 1.807) is 37.3 Å². The van der Waals surface area contributed by atoms with Gasteiger partial charge in [-0.2, -0.15) is 0 Å². The Labute approximate surface area is 183 Å². The highest BCUT2D eigenvalue weighted by Gasteiger charge is 2.37. The van der Waals surface area contributed by atoms with Crippen molar-refractivity contribution in [3.63, 3.8) is 0 Å². The van der Waals surface area contributed by atoms with Gasteiger partial charge < -0.3 is 5.32 Å². The normalized spacial score (nSPS) is 16.0. The minimum Gasteiger partial charge on any atom is -0.320 e. The third-order valence-electron chi connectivity index (χ3n) is 5.40. The number of rotatable bonds is 2. The summed E-state index contributed by atoms with van der Waals surface area (Å²) < 4.78 is 0. The first-order valence-electron chi connectivity index (χ1n) is 9.63. The summed E-state index contributed by atoms with van der Waals surface area (Å²) in [5.74, 6) is -1.07. The van der Waals surface area contributed by atoms with Crippen molar-refractivity contribution in [1.29, 1.82) is 0 Å². The van der Waals surface area contributed by atoms with Gasteiger partial charge in [0.15, 0.2) is 0 Å². The second-order valence-electron chi connectivity index (χ2n) is 7.57. The van der Waals surface area contributed by atoms with Gasteiger partial charge in [0.25, 0.3) is 17.7 Å². The first-order chi connectivity index (χ1) is 14.8. The van der Waals surface area contributed by atoms with Crippen molar-refractivity contribution < 1.29 is 14.4 Å². The Bertz CT molecular complexity index is 1360. The molecule has 0 saturated heterocycles. The molecule has 3 amide bonds. The summed E-state index contributed by atoms with van der Waals surface area (Å²) in [5, 5.41) is 3.21. The van der Waals surface area contributed by atoms with E-state index in [1.165, 1.54) is 6.07 Å². The predicted octanol–water partition coefficient (Wildman–Crippen LogP) is 4.83. The Morgan fingerprint density at radius 2 is 1.61 bits per heavy atom. The van der Waals surface area contributed by atoms with Crippen molar-refractivity contribution in [2.45, 2.75) is 13.8 Å². The molecule has 0 aromatic heterocycles. The molecule has 0 saturated carbocycles. The molecule has 1 N–H and O–H groups in total. The molecule has 2 heterocycles. The average Bonchev–Trinajstić information content (AvgIpc) is 3.16. The van der Waals surface area contributed by atoms with Crippen molar-refractivity contribution in [1.82, 2.24) is 0 Å². The number of hydrogen-bond acceptors (Lipinski definition) is 4. The molecule has 0 aliphatic carbocycles. The van der Waals surface area contributed by atoms with Gasteiger partial charge in [-0.25, -0.2) is 9.89 Å². The number of benzene rings is 3. The van der Waals surface area contributed by atoms with Gasteiger partial charge in [0, 0.05) is 10.6 Å². The number of amides is 3. The molecule has 152 valence electrons. The van der Waals surface area contributed by atoms with Crippen LogP contribution in [-0.2, 0) is 4.79 Å². The van der Waals surface area contributed by atoms with Gasteiger partial charge in [0.1, 0.15) is 5.71 Å². The Hall–Kier alpha value is -3.77. The SMILES string of the molecule is Cc1ccc2c(c1)C(=Nc1ccc(N3C(=O)c4ccc(Cl)cc4C3=O)c(C)c1)C(=O)N2. The van der Waals surface area contributed by atoms with E-state index in [9.17, 15) is 14.4 Å². The Morgan fingerprint density at radius 3 is 2.39 bits per heavy atom. The zero-order valence-electron chi connectivity index (χ0n) is 16.7. The quantitative estimate of drug-likeness (QED) is 0.592. The van der Waals surface area contributed by atoms with E-state index < -0.39 is 11.8 Å². The smallest absolute Gasteiger partial charge is 0.275 e. The summed E-state index contributed by atoms with van der Waals surface area (Å²) in [5.41, 5.74) is 5.17. The molecule has 6 nitrogen and oxygen atoms in total. The number of aliphatic imine (C=N–C) groups is 1. The number of halogens is 1. The summed E-state index contributed by atoms with van der Waals surface area (Å²) >= 11 is 5.99. The summed E-state index contributed by atoms with van der Waals surface area (Å²) in [6.07, 6.45) is 0. The molecule has 0 atom stereocenters. The van der Waals surface area contributed by atoms with Gasteiger partial charge in [-0.3, -0.25) is 14.4 Å². The van der Waals surface area contributed by atoms with Crippen LogP contribution in [0.25, 0.3) is 0 Å². The molecular weight excluding hydrogens is 414 g/mol. The van der Waals surface area contributed by atoms with Crippen LogP contribution in [-0.4, -0.2) is 23.4 Å². The molecular formula is C24H16ClN3O3. The van der Waals surface area contributed by atoms with Crippen LogP contribution in [0.3, 0.4) is 0 Å². The topological polar surface area (TPSA) is 78.8 Å². The second kappa shape index (κ2) is 6.89. The molecule has 3 aromatic carbocycles. The molecule has 0 bridgehead atoms. The van der Waals surface area contributed by atoms with Gasteiger partial charge in [-0.05, 0) is 67.9 Å². The molecule has 0 unspecified atom stereocenters. The van der Waals surface area contributed by atoms with Crippen molar-refractivity contribution in [3.8, 4) is 0 Å². The van der Waals surface area contributed by atoms with Crippen molar-refractivity contribution >= 4 is 52.1 Å². The Morgan fingerprint density at radius 1 is 0.839 bits per heavy atom. The third-order valence-corrected chi connectivity index (χ3v) is 5.64. The molecule has 31 heavy (non-hydrogen) atoms. The summed E-state index contributed by atoms with van der Waals surface area (Å²) in [6, 6.07) is 15.5. The molecule has 0 fully saturated rings. The van der Waals surface area contributed by atoms with E-state index in [0.717, 1.165) is 21.7 Å². The fraction of sp³-hybridized carbons (Fsp3) is 0.0833. The maximum atomic E-state index is 12.9. The van der Waals surface area contributed by atoms with Crippen LogP contribution < -0.4 is 10.2 Å². The maximum absolute atomic E-state index is 12.9. The number of aryl methyl sites for hydroxylation is 2. The standard InChI is InChI=1S/C24H16ClN3O3/c1-12-3-7-19-18(9-12)21(22(29)27-19)26-15-5-8-20(13(2)10-15)28-23(30)16-6-4-14(25)11-17(16)24(28)31/h3-11H,1-2H3,(H,26,27,29). The van der Waals surface area contributed by atoms with E-state index >= 15 is 0 Å². The van der Waals surface area contributed by atoms with Gasteiger partial charge >= 0.3 is 0 Å². The Kier molecular flexibility index (Phi) is 4.27. The number of hydrogen-bond donors (Lipinski definition) is 1. The van der Waals surface area contributed by atoms with Crippen LogP contribution in [0.5, 0.6) is 0 Å². The number of anilines is 2. The van der Waals surface area contributed by atoms with Crippen molar-refractivity contribution in [3.05, 3.63) is 87.4 Å².